The summed E-state index contributed by atoms with van der Waals surface area (Å²) in [5, 5.41) is 0. The van der Waals surface area contributed by atoms with Crippen molar-refractivity contribution in [1.82, 2.24) is 4.13 Å². The summed E-state index contributed by atoms with van der Waals surface area (Å²) in [5.41, 5.74) is -0.454. The molecule has 5 rings (SSSR count). The Morgan fingerprint density at radius 3 is 2.52 bits per heavy atom. The predicted molar refractivity (Wildman–Crippen MR) is 88.3 cm³/mol. The maximum atomic E-state index is 12.2. The number of hydrogen-bond donors (Lipinski definition) is 1. The Hall–Kier alpha value is -0.260. The van der Waals surface area contributed by atoms with Crippen LogP contribution in [0, 0.1) is 23.7 Å². The number of nitrogens with one attached hydrogen (secondary N) is 1. The van der Waals surface area contributed by atoms with E-state index in [1.54, 1.807) is 4.13 Å². The van der Waals surface area contributed by atoms with Crippen LogP contribution in [-0.4, -0.2) is 54.1 Å². The lowest BCUT2D eigenvalue weighted by Gasteiger charge is -2.62. The van der Waals surface area contributed by atoms with Crippen molar-refractivity contribution in [3.05, 3.63) is 0 Å². The molecule has 0 amide bonds. The lowest BCUT2D eigenvalue weighted by Crippen LogP contribution is -2.64. The zero-order chi connectivity index (χ0) is 18.0. The molecule has 4 aliphatic carbocycles. The van der Waals surface area contributed by atoms with Gasteiger partial charge in [-0.25, -0.2) is 8.42 Å². The van der Waals surface area contributed by atoms with Crippen molar-refractivity contribution in [2.24, 2.45) is 23.7 Å². The summed E-state index contributed by atoms with van der Waals surface area (Å²) in [6.45, 7) is 3.28. The Morgan fingerprint density at radius 2 is 1.88 bits per heavy atom. The summed E-state index contributed by atoms with van der Waals surface area (Å²) in [7, 11) is -8.28. The lowest BCUT2D eigenvalue weighted by molar-refractivity contribution is -0.229. The maximum Gasteiger partial charge on any atom is 0.349 e. The van der Waals surface area contributed by atoms with E-state index in [4.69, 9.17) is 13.7 Å². The number of hydrogen-bond acceptors (Lipinski definition) is 7. The van der Waals surface area contributed by atoms with Gasteiger partial charge in [0.25, 0.3) is 0 Å². The highest BCUT2D eigenvalue weighted by molar-refractivity contribution is 8.02. The summed E-state index contributed by atoms with van der Waals surface area (Å²) in [6, 6.07) is 0. The molecule has 144 valence electrons. The predicted octanol–water partition coefficient (Wildman–Crippen LogP) is 0.406. The largest absolute Gasteiger partial charge is 0.372 e. The third-order valence-corrected chi connectivity index (χ3v) is 8.81. The Labute approximate surface area is 148 Å². The van der Waals surface area contributed by atoms with Gasteiger partial charge >= 0.3 is 10.3 Å². The van der Waals surface area contributed by atoms with Crippen molar-refractivity contribution in [2.45, 2.75) is 50.4 Å². The normalized spacial score (nSPS) is 45.7. The molecule has 1 aliphatic heterocycles. The van der Waals surface area contributed by atoms with Crippen molar-refractivity contribution >= 4 is 20.3 Å². The van der Waals surface area contributed by atoms with E-state index in [1.807, 2.05) is 0 Å². The van der Waals surface area contributed by atoms with E-state index in [0.717, 1.165) is 31.9 Å². The molecule has 1 N–H and O–H groups in total. The molecule has 10 heteroatoms. The highest BCUT2D eigenvalue weighted by Gasteiger charge is 2.61. The van der Waals surface area contributed by atoms with Gasteiger partial charge < -0.3 is 9.47 Å². The molecular formula is C15H25NO7S2. The van der Waals surface area contributed by atoms with Crippen LogP contribution in [-0.2, 0) is 34.0 Å². The molecule has 0 aromatic heterocycles. The van der Waals surface area contributed by atoms with Crippen LogP contribution in [0.15, 0.2) is 0 Å². The van der Waals surface area contributed by atoms with Crippen LogP contribution in [0.25, 0.3) is 0 Å². The molecule has 4 saturated carbocycles. The van der Waals surface area contributed by atoms with Gasteiger partial charge in [-0.1, -0.05) is 4.13 Å². The SMILES string of the molecule is CC1(OCC2CO2)C2CC3CC(C2)C(OS(=O)(=O)NS(C)(=O)=O)C1C3. The van der Waals surface area contributed by atoms with Gasteiger partial charge in [-0.05, 0) is 50.4 Å². The highest BCUT2D eigenvalue weighted by atomic mass is 32.3. The summed E-state index contributed by atoms with van der Waals surface area (Å²) < 4.78 is 65.3. The van der Waals surface area contributed by atoms with Gasteiger partial charge in [0, 0.05) is 5.92 Å². The molecule has 25 heavy (non-hydrogen) atoms. The number of rotatable bonds is 7. The molecule has 1 heterocycles. The highest BCUT2D eigenvalue weighted by Crippen LogP contribution is 2.60. The van der Waals surface area contributed by atoms with Crippen molar-refractivity contribution < 1.29 is 30.5 Å². The van der Waals surface area contributed by atoms with E-state index >= 15 is 0 Å². The summed E-state index contributed by atoms with van der Waals surface area (Å²) in [5.74, 6) is 1.04. The number of epoxide rings is 1. The van der Waals surface area contributed by atoms with Crippen LogP contribution in [0.5, 0.6) is 0 Å². The number of ether oxygens (including phenoxy) is 2. The number of sulfonamides is 1. The van der Waals surface area contributed by atoms with E-state index in [0.29, 0.717) is 25.0 Å². The third-order valence-electron chi connectivity index (χ3n) is 6.31. The first-order chi connectivity index (χ1) is 11.6. The Balaban J connectivity index is 1.55. The quantitative estimate of drug-likeness (QED) is 0.621. The molecule has 0 aromatic rings. The zero-order valence-electron chi connectivity index (χ0n) is 14.4. The Morgan fingerprint density at radius 1 is 1.16 bits per heavy atom. The van der Waals surface area contributed by atoms with Crippen LogP contribution in [0.2, 0.25) is 0 Å². The van der Waals surface area contributed by atoms with E-state index < -0.39 is 32.0 Å². The van der Waals surface area contributed by atoms with Crippen LogP contribution < -0.4 is 4.13 Å². The smallest absolute Gasteiger partial charge is 0.349 e. The standard InChI is InChI=1S/C15H25NO7S2/c1-15(22-8-12-7-21-12)11-4-9-3-10(6-11)14(13(15)5-9)23-25(19,20)16-24(2,17)18/h9-14,16H,3-8H2,1-2H3. The summed E-state index contributed by atoms with van der Waals surface area (Å²) >= 11 is 0. The van der Waals surface area contributed by atoms with Crippen molar-refractivity contribution in [1.29, 1.82) is 0 Å². The maximum absolute atomic E-state index is 12.2. The first kappa shape index (κ1) is 18.1. The van der Waals surface area contributed by atoms with Gasteiger partial charge in [0.15, 0.2) is 0 Å². The Kier molecular flexibility index (Phi) is 4.25. The fraction of sp³-hybridized carbons (Fsp3) is 1.00. The van der Waals surface area contributed by atoms with Crippen LogP contribution >= 0.6 is 0 Å². The molecule has 0 aromatic carbocycles. The van der Waals surface area contributed by atoms with E-state index in [-0.39, 0.29) is 17.9 Å². The average Bonchev–Trinajstić information content (AvgIpc) is 3.27. The van der Waals surface area contributed by atoms with Crippen molar-refractivity contribution in [2.75, 3.05) is 19.5 Å². The van der Waals surface area contributed by atoms with E-state index in [2.05, 4.69) is 6.92 Å². The second-order valence-corrected chi connectivity index (χ2v) is 11.5. The summed E-state index contributed by atoms with van der Waals surface area (Å²) in [6.07, 6.45) is 4.15. The van der Waals surface area contributed by atoms with Gasteiger partial charge in [-0.2, -0.15) is 8.42 Å². The minimum absolute atomic E-state index is 0.0568. The first-order valence-electron chi connectivity index (χ1n) is 8.73. The monoisotopic (exact) mass is 395 g/mol. The van der Waals surface area contributed by atoms with Gasteiger partial charge in [-0.15, -0.1) is 0 Å². The van der Waals surface area contributed by atoms with E-state index in [9.17, 15) is 16.8 Å². The molecule has 1 saturated heterocycles. The van der Waals surface area contributed by atoms with Gasteiger partial charge in [0.05, 0.1) is 31.2 Å². The molecule has 7 unspecified atom stereocenters. The third kappa shape index (κ3) is 3.61. The molecule has 8 nitrogen and oxygen atoms in total. The molecule has 5 fully saturated rings. The first-order valence-corrected chi connectivity index (χ1v) is 12.0. The fourth-order valence-corrected chi connectivity index (χ4v) is 7.48. The molecule has 0 spiro atoms. The van der Waals surface area contributed by atoms with E-state index in [1.165, 1.54) is 0 Å². The minimum atomic E-state index is -4.37. The zero-order valence-corrected chi connectivity index (χ0v) is 16.0. The second kappa shape index (κ2) is 5.87. The topological polar surface area (TPSA) is 111 Å². The summed E-state index contributed by atoms with van der Waals surface area (Å²) in [4.78, 5) is 0. The van der Waals surface area contributed by atoms with Gasteiger partial charge in [0.2, 0.25) is 10.0 Å². The Bertz CT molecular complexity index is 748. The molecule has 5 aliphatic rings. The second-order valence-electron chi connectivity index (χ2n) is 8.19. The minimum Gasteiger partial charge on any atom is -0.372 e. The lowest BCUT2D eigenvalue weighted by atomic mass is 9.49. The fourth-order valence-electron chi connectivity index (χ4n) is 5.26. The average molecular weight is 395 g/mol. The van der Waals surface area contributed by atoms with Crippen molar-refractivity contribution in [3.63, 3.8) is 0 Å². The van der Waals surface area contributed by atoms with Crippen LogP contribution in [0.1, 0.15) is 32.6 Å². The molecular weight excluding hydrogens is 370 g/mol. The molecule has 0 radical (unpaired) electrons. The van der Waals surface area contributed by atoms with Crippen LogP contribution in [0.4, 0.5) is 0 Å². The van der Waals surface area contributed by atoms with Crippen LogP contribution in [0.3, 0.4) is 0 Å². The molecule has 7 atom stereocenters. The van der Waals surface area contributed by atoms with Gasteiger partial charge in [-0.3, -0.25) is 4.18 Å². The van der Waals surface area contributed by atoms with Crippen molar-refractivity contribution in [3.8, 4) is 0 Å². The molecule has 4 bridgehead atoms. The van der Waals surface area contributed by atoms with Gasteiger partial charge in [0.1, 0.15) is 6.10 Å².